The molecule has 2 heteroatoms. The maximum absolute atomic E-state index is 12.7. The van der Waals surface area contributed by atoms with Gasteiger partial charge in [0.1, 0.15) is 5.82 Å². The molecular formula is C12H15FO. The molecule has 1 N–H and O–H groups in total. The van der Waals surface area contributed by atoms with Gasteiger partial charge in [0.25, 0.3) is 0 Å². The molecule has 76 valence electrons. The highest BCUT2D eigenvalue weighted by Crippen LogP contribution is 2.32. The van der Waals surface area contributed by atoms with Crippen molar-refractivity contribution < 1.29 is 9.50 Å². The molecule has 14 heavy (non-hydrogen) atoms. The van der Waals surface area contributed by atoms with Crippen LogP contribution in [0.3, 0.4) is 0 Å². The second-order valence-corrected chi connectivity index (χ2v) is 4.07. The molecule has 0 aromatic heterocycles. The van der Waals surface area contributed by atoms with Crippen LogP contribution in [0.1, 0.15) is 37.2 Å². The van der Waals surface area contributed by atoms with Crippen LogP contribution in [-0.4, -0.2) is 11.2 Å². The number of hydrogen-bond acceptors (Lipinski definition) is 1. The van der Waals surface area contributed by atoms with Crippen molar-refractivity contribution >= 4 is 0 Å². The number of rotatable bonds is 1. The topological polar surface area (TPSA) is 20.2 Å². The quantitative estimate of drug-likeness (QED) is 0.728. The van der Waals surface area contributed by atoms with E-state index in [1.54, 1.807) is 0 Å². The normalized spacial score (nSPS) is 27.6. The molecule has 0 spiro atoms. The lowest BCUT2D eigenvalue weighted by Gasteiger charge is -2.26. The summed E-state index contributed by atoms with van der Waals surface area (Å²) >= 11 is 0. The standard InChI is InChI=1S/C12H15FO/c13-11-6-4-9(5-7-11)10-2-1-3-12(14)8-10/h4-7,10,12,14H,1-3,8H2. The summed E-state index contributed by atoms with van der Waals surface area (Å²) in [5.41, 5.74) is 1.16. The van der Waals surface area contributed by atoms with E-state index in [0.717, 1.165) is 31.2 Å². The van der Waals surface area contributed by atoms with Crippen LogP contribution in [0.15, 0.2) is 24.3 Å². The van der Waals surface area contributed by atoms with Crippen LogP contribution in [0.5, 0.6) is 0 Å². The molecule has 1 aromatic rings. The van der Waals surface area contributed by atoms with E-state index in [9.17, 15) is 9.50 Å². The Morgan fingerprint density at radius 1 is 1.14 bits per heavy atom. The summed E-state index contributed by atoms with van der Waals surface area (Å²) in [7, 11) is 0. The fourth-order valence-corrected chi connectivity index (χ4v) is 2.20. The number of hydrogen-bond donors (Lipinski definition) is 1. The maximum Gasteiger partial charge on any atom is 0.123 e. The van der Waals surface area contributed by atoms with Crippen LogP contribution in [0.25, 0.3) is 0 Å². The van der Waals surface area contributed by atoms with Crippen molar-refractivity contribution in [2.45, 2.75) is 37.7 Å². The van der Waals surface area contributed by atoms with Gasteiger partial charge >= 0.3 is 0 Å². The van der Waals surface area contributed by atoms with Gasteiger partial charge in [-0.2, -0.15) is 0 Å². The van der Waals surface area contributed by atoms with Crippen molar-refractivity contribution in [3.63, 3.8) is 0 Å². The predicted octanol–water partition coefficient (Wildman–Crippen LogP) is 2.84. The molecule has 2 unspecified atom stereocenters. The summed E-state index contributed by atoms with van der Waals surface area (Å²) in [6.07, 6.45) is 3.76. The molecule has 0 saturated heterocycles. The minimum Gasteiger partial charge on any atom is -0.393 e. The van der Waals surface area contributed by atoms with E-state index < -0.39 is 0 Å². The minimum atomic E-state index is -0.190. The van der Waals surface area contributed by atoms with E-state index in [1.807, 2.05) is 12.1 Å². The Kier molecular flexibility index (Phi) is 2.82. The Morgan fingerprint density at radius 2 is 1.86 bits per heavy atom. The van der Waals surface area contributed by atoms with Crippen LogP contribution < -0.4 is 0 Å². The largest absolute Gasteiger partial charge is 0.393 e. The Morgan fingerprint density at radius 3 is 2.50 bits per heavy atom. The minimum absolute atomic E-state index is 0.168. The Labute approximate surface area is 83.6 Å². The zero-order valence-corrected chi connectivity index (χ0v) is 8.12. The van der Waals surface area contributed by atoms with E-state index in [1.165, 1.54) is 12.1 Å². The molecule has 2 rings (SSSR count). The average molecular weight is 194 g/mol. The van der Waals surface area contributed by atoms with Crippen LogP contribution >= 0.6 is 0 Å². The lowest BCUT2D eigenvalue weighted by Crippen LogP contribution is -2.18. The van der Waals surface area contributed by atoms with Gasteiger partial charge in [0.05, 0.1) is 6.10 Å². The molecule has 0 aliphatic heterocycles. The third-order valence-corrected chi connectivity index (χ3v) is 2.99. The zero-order chi connectivity index (χ0) is 9.97. The molecule has 2 atom stereocenters. The molecule has 1 fully saturated rings. The van der Waals surface area contributed by atoms with Gasteiger partial charge in [-0.25, -0.2) is 4.39 Å². The van der Waals surface area contributed by atoms with Gasteiger partial charge in [-0.05, 0) is 42.9 Å². The SMILES string of the molecule is OC1CCCC(c2ccc(F)cc2)C1. The first kappa shape index (κ1) is 9.66. The molecule has 0 bridgehead atoms. The number of benzene rings is 1. The van der Waals surface area contributed by atoms with Crippen LogP contribution in [0, 0.1) is 5.82 Å². The maximum atomic E-state index is 12.7. The molecule has 0 amide bonds. The first-order chi connectivity index (χ1) is 6.75. The molecule has 0 radical (unpaired) electrons. The van der Waals surface area contributed by atoms with Crippen molar-refractivity contribution in [2.75, 3.05) is 0 Å². The third kappa shape index (κ3) is 2.13. The van der Waals surface area contributed by atoms with E-state index >= 15 is 0 Å². The van der Waals surface area contributed by atoms with Gasteiger partial charge in [-0.1, -0.05) is 18.6 Å². The Hall–Kier alpha value is -0.890. The van der Waals surface area contributed by atoms with Crippen molar-refractivity contribution in [3.8, 4) is 0 Å². The molecule has 0 heterocycles. The molecule has 1 aliphatic rings. The third-order valence-electron chi connectivity index (χ3n) is 2.99. The van der Waals surface area contributed by atoms with E-state index in [-0.39, 0.29) is 11.9 Å². The highest BCUT2D eigenvalue weighted by atomic mass is 19.1. The van der Waals surface area contributed by atoms with Crippen LogP contribution in [-0.2, 0) is 0 Å². The summed E-state index contributed by atoms with van der Waals surface area (Å²) in [6.45, 7) is 0. The van der Waals surface area contributed by atoms with Crippen LogP contribution in [0.4, 0.5) is 4.39 Å². The fraction of sp³-hybridized carbons (Fsp3) is 0.500. The first-order valence-corrected chi connectivity index (χ1v) is 5.19. The predicted molar refractivity (Wildman–Crippen MR) is 53.6 cm³/mol. The highest BCUT2D eigenvalue weighted by molar-refractivity contribution is 5.21. The monoisotopic (exact) mass is 194 g/mol. The fourth-order valence-electron chi connectivity index (χ4n) is 2.20. The summed E-state index contributed by atoms with van der Waals surface area (Å²) in [5.74, 6) is 0.226. The average Bonchev–Trinajstić information content (AvgIpc) is 2.19. The van der Waals surface area contributed by atoms with Gasteiger partial charge in [-0.3, -0.25) is 0 Å². The van der Waals surface area contributed by atoms with E-state index in [0.29, 0.717) is 5.92 Å². The lowest BCUT2D eigenvalue weighted by molar-refractivity contribution is 0.119. The first-order valence-electron chi connectivity index (χ1n) is 5.19. The van der Waals surface area contributed by atoms with Crippen LogP contribution in [0.2, 0.25) is 0 Å². The van der Waals surface area contributed by atoms with Crippen molar-refractivity contribution in [3.05, 3.63) is 35.6 Å². The Bertz CT molecular complexity index is 294. The number of aliphatic hydroxyl groups is 1. The number of halogens is 1. The molecule has 1 nitrogen and oxygen atoms in total. The van der Waals surface area contributed by atoms with Crippen molar-refractivity contribution in [1.29, 1.82) is 0 Å². The Balaban J connectivity index is 2.10. The van der Waals surface area contributed by atoms with Gasteiger partial charge < -0.3 is 5.11 Å². The summed E-state index contributed by atoms with van der Waals surface area (Å²) in [4.78, 5) is 0. The zero-order valence-electron chi connectivity index (χ0n) is 8.12. The van der Waals surface area contributed by atoms with Crippen molar-refractivity contribution in [2.24, 2.45) is 0 Å². The summed E-state index contributed by atoms with van der Waals surface area (Å²) in [5, 5.41) is 9.52. The summed E-state index contributed by atoms with van der Waals surface area (Å²) < 4.78 is 12.7. The highest BCUT2D eigenvalue weighted by Gasteiger charge is 2.21. The smallest absolute Gasteiger partial charge is 0.123 e. The number of aliphatic hydroxyl groups excluding tert-OH is 1. The van der Waals surface area contributed by atoms with Gasteiger partial charge in [0, 0.05) is 0 Å². The molecule has 1 aliphatic carbocycles. The molecule has 1 aromatic carbocycles. The second-order valence-electron chi connectivity index (χ2n) is 4.07. The second kappa shape index (κ2) is 4.09. The summed E-state index contributed by atoms with van der Waals surface area (Å²) in [6, 6.07) is 6.66. The molecular weight excluding hydrogens is 179 g/mol. The molecule has 1 saturated carbocycles. The van der Waals surface area contributed by atoms with Crippen molar-refractivity contribution in [1.82, 2.24) is 0 Å². The lowest BCUT2D eigenvalue weighted by atomic mass is 9.83. The van der Waals surface area contributed by atoms with Gasteiger partial charge in [-0.15, -0.1) is 0 Å². The van der Waals surface area contributed by atoms with E-state index in [2.05, 4.69) is 0 Å². The van der Waals surface area contributed by atoms with Gasteiger partial charge in [0.2, 0.25) is 0 Å². The van der Waals surface area contributed by atoms with E-state index in [4.69, 9.17) is 0 Å². The van der Waals surface area contributed by atoms with Gasteiger partial charge in [0.15, 0.2) is 0 Å².